The number of ether oxygens (including phenoxy) is 3. The van der Waals surface area contributed by atoms with Gasteiger partial charge < -0.3 is 18.6 Å². The number of carbonyl (C=O) groups excluding carboxylic acids is 1. The van der Waals surface area contributed by atoms with Crippen LogP contribution in [0.4, 0.5) is 0 Å². The molecule has 0 spiro atoms. The monoisotopic (exact) mass is 332 g/mol. The smallest absolute Gasteiger partial charge is 0.383 e. The molecule has 2 aromatic rings. The second-order valence-corrected chi connectivity index (χ2v) is 4.99. The third-order valence-electron chi connectivity index (χ3n) is 3.20. The van der Waals surface area contributed by atoms with Crippen LogP contribution in [0.2, 0.25) is 0 Å². The Morgan fingerprint density at radius 1 is 1.25 bits per heavy atom. The van der Waals surface area contributed by atoms with Gasteiger partial charge in [0.1, 0.15) is 16.7 Å². The average molecular weight is 332 g/mol. The Hall–Kier alpha value is -2.76. The van der Waals surface area contributed by atoms with E-state index in [1.54, 1.807) is 18.2 Å². The molecule has 0 saturated heterocycles. The van der Waals surface area contributed by atoms with Gasteiger partial charge in [-0.25, -0.2) is 4.79 Å². The summed E-state index contributed by atoms with van der Waals surface area (Å²) in [6, 6.07) is 4.82. The molecule has 1 heterocycles. The van der Waals surface area contributed by atoms with E-state index < -0.39 is 11.6 Å². The number of benzene rings is 1. The fourth-order valence-corrected chi connectivity index (χ4v) is 2.24. The zero-order chi connectivity index (χ0) is 17.5. The minimum Gasteiger partial charge on any atom is -0.492 e. The Kier molecular flexibility index (Phi) is 6.01. The molecule has 0 bridgehead atoms. The van der Waals surface area contributed by atoms with Crippen LogP contribution in [0.15, 0.2) is 39.6 Å². The molecule has 128 valence electrons. The molecule has 0 radical (unpaired) electrons. The van der Waals surface area contributed by atoms with Gasteiger partial charge in [0, 0.05) is 6.92 Å². The van der Waals surface area contributed by atoms with Gasteiger partial charge in [-0.05, 0) is 25.0 Å². The van der Waals surface area contributed by atoms with Gasteiger partial charge in [0.25, 0.3) is 0 Å². The molecule has 0 aliphatic rings. The van der Waals surface area contributed by atoms with Gasteiger partial charge in [-0.2, -0.15) is 0 Å². The van der Waals surface area contributed by atoms with Crippen LogP contribution in [-0.2, 0) is 4.79 Å². The molecule has 1 aromatic carbocycles. The zero-order valence-corrected chi connectivity index (χ0v) is 14.0. The molecule has 0 aliphatic carbocycles. The van der Waals surface area contributed by atoms with Crippen molar-refractivity contribution in [2.75, 3.05) is 13.7 Å². The van der Waals surface area contributed by atoms with Crippen molar-refractivity contribution in [2.24, 2.45) is 0 Å². The maximum atomic E-state index is 12.2. The molecule has 0 fully saturated rings. The zero-order valence-electron chi connectivity index (χ0n) is 14.0. The van der Waals surface area contributed by atoms with Crippen molar-refractivity contribution in [3.05, 3.63) is 40.8 Å². The Bertz CT molecular complexity index is 803. The van der Waals surface area contributed by atoms with Gasteiger partial charge in [0.2, 0.25) is 5.75 Å². The van der Waals surface area contributed by atoms with Crippen molar-refractivity contribution in [2.45, 2.75) is 26.7 Å². The van der Waals surface area contributed by atoms with Gasteiger partial charge in [0.05, 0.1) is 13.7 Å². The van der Waals surface area contributed by atoms with Crippen LogP contribution in [0.1, 0.15) is 26.7 Å². The van der Waals surface area contributed by atoms with Crippen LogP contribution < -0.4 is 19.8 Å². The normalized spacial score (nSPS) is 11.0. The van der Waals surface area contributed by atoms with Crippen molar-refractivity contribution in [3.8, 4) is 17.2 Å². The molecule has 0 unspecified atom stereocenters. The Morgan fingerprint density at radius 3 is 2.71 bits per heavy atom. The van der Waals surface area contributed by atoms with Crippen LogP contribution in [0.5, 0.6) is 17.2 Å². The van der Waals surface area contributed by atoms with E-state index in [2.05, 4.69) is 0 Å². The molecule has 0 saturated carbocycles. The SMILES string of the molecule is CCC=CCCOc1c(OC)c2c(OC(C)=O)cccc2oc1=O. The maximum Gasteiger partial charge on any atom is 0.383 e. The number of hydrogen-bond donors (Lipinski definition) is 0. The lowest BCUT2D eigenvalue weighted by molar-refractivity contribution is -0.131. The van der Waals surface area contributed by atoms with Crippen molar-refractivity contribution in [1.82, 2.24) is 0 Å². The summed E-state index contributed by atoms with van der Waals surface area (Å²) < 4.78 is 21.3. The minimum absolute atomic E-state index is 0.0329. The fraction of sp³-hybridized carbons (Fsp3) is 0.333. The van der Waals surface area contributed by atoms with Gasteiger partial charge in [-0.3, -0.25) is 4.79 Å². The van der Waals surface area contributed by atoms with E-state index in [9.17, 15) is 9.59 Å². The predicted molar refractivity (Wildman–Crippen MR) is 89.9 cm³/mol. The van der Waals surface area contributed by atoms with Crippen molar-refractivity contribution in [1.29, 1.82) is 0 Å². The molecular formula is C18H20O6. The molecule has 0 atom stereocenters. The van der Waals surface area contributed by atoms with Crippen LogP contribution in [0, 0.1) is 0 Å². The number of carbonyl (C=O) groups is 1. The topological polar surface area (TPSA) is 75.0 Å². The van der Waals surface area contributed by atoms with E-state index in [1.807, 2.05) is 19.1 Å². The summed E-state index contributed by atoms with van der Waals surface area (Å²) in [6.45, 7) is 3.63. The standard InChI is InChI=1S/C18H20O6/c1-4-5-6-7-11-22-17-16(21-3)15-13(23-12(2)19)9-8-10-14(15)24-18(17)20/h5-6,8-10H,4,7,11H2,1-3H3. The highest BCUT2D eigenvalue weighted by Crippen LogP contribution is 2.38. The Morgan fingerprint density at radius 2 is 2.04 bits per heavy atom. The fourth-order valence-electron chi connectivity index (χ4n) is 2.24. The largest absolute Gasteiger partial charge is 0.492 e. The molecule has 6 nitrogen and oxygen atoms in total. The van der Waals surface area contributed by atoms with Crippen LogP contribution >= 0.6 is 0 Å². The van der Waals surface area contributed by atoms with E-state index in [1.165, 1.54) is 14.0 Å². The molecule has 0 aliphatic heterocycles. The van der Waals surface area contributed by atoms with Crippen LogP contribution in [0.3, 0.4) is 0 Å². The van der Waals surface area contributed by atoms with Crippen molar-refractivity contribution >= 4 is 16.9 Å². The van der Waals surface area contributed by atoms with Gasteiger partial charge >= 0.3 is 11.6 Å². The van der Waals surface area contributed by atoms with Gasteiger partial charge in [-0.1, -0.05) is 25.1 Å². The van der Waals surface area contributed by atoms with Crippen LogP contribution in [-0.4, -0.2) is 19.7 Å². The summed E-state index contributed by atoms with van der Waals surface area (Å²) in [5.41, 5.74) is -0.382. The predicted octanol–water partition coefficient (Wildman–Crippen LogP) is 3.46. The number of hydrogen-bond acceptors (Lipinski definition) is 6. The number of esters is 1. The number of rotatable bonds is 7. The first-order valence-electron chi connectivity index (χ1n) is 7.68. The summed E-state index contributed by atoms with van der Waals surface area (Å²) in [5, 5.41) is 0.383. The molecule has 2 rings (SSSR count). The summed E-state index contributed by atoms with van der Waals surface area (Å²) in [7, 11) is 1.42. The van der Waals surface area contributed by atoms with E-state index in [0.29, 0.717) is 18.4 Å². The highest BCUT2D eigenvalue weighted by molar-refractivity contribution is 5.93. The maximum absolute atomic E-state index is 12.2. The summed E-state index contributed by atoms with van der Waals surface area (Å²) in [4.78, 5) is 23.5. The summed E-state index contributed by atoms with van der Waals surface area (Å²) in [6.07, 6.45) is 5.58. The first-order valence-corrected chi connectivity index (χ1v) is 7.68. The van der Waals surface area contributed by atoms with Gasteiger partial charge in [0.15, 0.2) is 5.75 Å². The number of allylic oxidation sites excluding steroid dienone is 1. The highest BCUT2D eigenvalue weighted by atomic mass is 16.5. The minimum atomic E-state index is -0.640. The summed E-state index contributed by atoms with van der Waals surface area (Å²) in [5.74, 6) is -0.0775. The Balaban J connectivity index is 2.47. The highest BCUT2D eigenvalue weighted by Gasteiger charge is 2.20. The second kappa shape index (κ2) is 8.19. The van der Waals surface area contributed by atoms with Crippen molar-refractivity contribution in [3.63, 3.8) is 0 Å². The first kappa shape index (κ1) is 17.6. The molecule has 0 amide bonds. The molecular weight excluding hydrogens is 312 g/mol. The molecule has 24 heavy (non-hydrogen) atoms. The second-order valence-electron chi connectivity index (χ2n) is 4.99. The van der Waals surface area contributed by atoms with E-state index in [0.717, 1.165) is 6.42 Å². The molecule has 0 N–H and O–H groups in total. The van der Waals surface area contributed by atoms with Crippen molar-refractivity contribution < 1.29 is 23.4 Å². The molecule has 1 aromatic heterocycles. The quantitative estimate of drug-likeness (QED) is 0.254. The summed E-state index contributed by atoms with van der Waals surface area (Å²) >= 11 is 0. The Labute approximate surface area is 139 Å². The molecule has 6 heteroatoms. The third-order valence-corrected chi connectivity index (χ3v) is 3.20. The lowest BCUT2D eigenvalue weighted by atomic mass is 10.2. The lowest BCUT2D eigenvalue weighted by Crippen LogP contribution is -2.11. The number of methoxy groups -OCH3 is 1. The van der Waals surface area contributed by atoms with E-state index >= 15 is 0 Å². The average Bonchev–Trinajstić information content (AvgIpc) is 2.54. The third kappa shape index (κ3) is 3.95. The van der Waals surface area contributed by atoms with Gasteiger partial charge in [-0.15, -0.1) is 0 Å². The number of fused-ring (bicyclic) bond motifs is 1. The van der Waals surface area contributed by atoms with E-state index in [-0.39, 0.29) is 22.8 Å². The lowest BCUT2D eigenvalue weighted by Gasteiger charge is -2.13. The van der Waals surface area contributed by atoms with Crippen LogP contribution in [0.25, 0.3) is 11.0 Å². The first-order chi connectivity index (χ1) is 11.6. The van der Waals surface area contributed by atoms with E-state index in [4.69, 9.17) is 18.6 Å².